The summed E-state index contributed by atoms with van der Waals surface area (Å²) in [6.45, 7) is 4.40. The molecule has 1 amide bonds. The fourth-order valence-electron chi connectivity index (χ4n) is 1.97. The average molecular weight is 257 g/mol. The number of para-hydroxylation sites is 1. The van der Waals surface area contributed by atoms with Crippen LogP contribution in [0.25, 0.3) is 0 Å². The number of aromatic nitrogens is 2. The maximum absolute atomic E-state index is 12.0. The van der Waals surface area contributed by atoms with Gasteiger partial charge in [0.25, 0.3) is 0 Å². The minimum absolute atomic E-state index is 0.0494. The van der Waals surface area contributed by atoms with Crippen molar-refractivity contribution in [1.29, 1.82) is 0 Å². The van der Waals surface area contributed by atoms with E-state index in [1.807, 2.05) is 30.3 Å². The van der Waals surface area contributed by atoms with Crippen molar-refractivity contribution < 1.29 is 4.79 Å². The largest absolute Gasteiger partial charge is 0.324 e. The molecular formula is C15H19N3O. The molecule has 0 radical (unpaired) electrons. The molecule has 0 aliphatic rings. The van der Waals surface area contributed by atoms with Crippen molar-refractivity contribution in [2.24, 2.45) is 0 Å². The standard InChI is InChI=1S/C15H19N3O/c1-3-12-10-14(4-2)18(17-12)11-15(19)16-13-8-6-5-7-9-13/h5-10H,3-4,11H2,1-2H3,(H,16,19). The summed E-state index contributed by atoms with van der Waals surface area (Å²) >= 11 is 0. The van der Waals surface area contributed by atoms with Crippen molar-refractivity contribution in [3.05, 3.63) is 47.8 Å². The van der Waals surface area contributed by atoms with Crippen molar-refractivity contribution in [3.63, 3.8) is 0 Å². The highest BCUT2D eigenvalue weighted by Crippen LogP contribution is 2.08. The molecule has 2 rings (SSSR count). The van der Waals surface area contributed by atoms with Crippen LogP contribution in [0.4, 0.5) is 5.69 Å². The zero-order chi connectivity index (χ0) is 13.7. The zero-order valence-electron chi connectivity index (χ0n) is 11.4. The molecule has 1 aromatic heterocycles. The van der Waals surface area contributed by atoms with E-state index in [0.717, 1.165) is 29.9 Å². The zero-order valence-corrected chi connectivity index (χ0v) is 11.4. The number of anilines is 1. The second-order valence-corrected chi connectivity index (χ2v) is 4.41. The van der Waals surface area contributed by atoms with Gasteiger partial charge >= 0.3 is 0 Å². The number of hydrogen-bond donors (Lipinski definition) is 1. The highest BCUT2D eigenvalue weighted by Gasteiger charge is 2.09. The Balaban J connectivity index is 2.04. The molecule has 100 valence electrons. The molecule has 19 heavy (non-hydrogen) atoms. The van der Waals surface area contributed by atoms with Crippen molar-refractivity contribution in [2.45, 2.75) is 33.2 Å². The van der Waals surface area contributed by atoms with E-state index >= 15 is 0 Å². The van der Waals surface area contributed by atoms with Crippen molar-refractivity contribution in [1.82, 2.24) is 9.78 Å². The number of carbonyl (C=O) groups is 1. The number of aryl methyl sites for hydroxylation is 2. The topological polar surface area (TPSA) is 46.9 Å². The third-order valence-electron chi connectivity index (χ3n) is 2.99. The molecule has 1 N–H and O–H groups in total. The summed E-state index contributed by atoms with van der Waals surface area (Å²) < 4.78 is 1.79. The summed E-state index contributed by atoms with van der Waals surface area (Å²) in [6, 6.07) is 11.5. The van der Waals surface area contributed by atoms with Gasteiger partial charge in [0, 0.05) is 11.4 Å². The van der Waals surface area contributed by atoms with Gasteiger partial charge in [0.05, 0.1) is 5.69 Å². The molecule has 1 aromatic carbocycles. The van der Waals surface area contributed by atoms with Gasteiger partial charge in [0.2, 0.25) is 5.91 Å². The molecule has 0 unspecified atom stereocenters. The van der Waals surface area contributed by atoms with E-state index in [1.165, 1.54) is 0 Å². The van der Waals surface area contributed by atoms with Crippen LogP contribution in [0.3, 0.4) is 0 Å². The predicted molar refractivity (Wildman–Crippen MR) is 76.1 cm³/mol. The lowest BCUT2D eigenvalue weighted by Crippen LogP contribution is -2.20. The number of carbonyl (C=O) groups excluding carboxylic acids is 1. The van der Waals surface area contributed by atoms with Gasteiger partial charge in [0.1, 0.15) is 6.54 Å². The Morgan fingerprint density at radius 1 is 1.21 bits per heavy atom. The minimum Gasteiger partial charge on any atom is -0.324 e. The molecule has 0 fully saturated rings. The van der Waals surface area contributed by atoms with E-state index in [-0.39, 0.29) is 12.5 Å². The Bertz CT molecular complexity index is 546. The van der Waals surface area contributed by atoms with Crippen LogP contribution in [0.1, 0.15) is 25.2 Å². The highest BCUT2D eigenvalue weighted by molar-refractivity contribution is 5.90. The monoisotopic (exact) mass is 257 g/mol. The molecular weight excluding hydrogens is 238 g/mol. The predicted octanol–water partition coefficient (Wildman–Crippen LogP) is 2.65. The van der Waals surface area contributed by atoms with E-state index in [9.17, 15) is 4.79 Å². The van der Waals surface area contributed by atoms with Gasteiger partial charge in [-0.1, -0.05) is 32.0 Å². The fourth-order valence-corrected chi connectivity index (χ4v) is 1.97. The third-order valence-corrected chi connectivity index (χ3v) is 2.99. The van der Waals surface area contributed by atoms with Gasteiger partial charge in [-0.2, -0.15) is 5.10 Å². The third kappa shape index (κ3) is 3.44. The molecule has 1 heterocycles. The Morgan fingerprint density at radius 2 is 1.95 bits per heavy atom. The van der Waals surface area contributed by atoms with Crippen molar-refractivity contribution in [3.8, 4) is 0 Å². The first-order valence-corrected chi connectivity index (χ1v) is 6.63. The second-order valence-electron chi connectivity index (χ2n) is 4.41. The quantitative estimate of drug-likeness (QED) is 0.895. The van der Waals surface area contributed by atoms with Gasteiger partial charge in [-0.25, -0.2) is 0 Å². The fraction of sp³-hybridized carbons (Fsp3) is 0.333. The summed E-state index contributed by atoms with van der Waals surface area (Å²) in [5.41, 5.74) is 2.94. The molecule has 0 bridgehead atoms. The van der Waals surface area contributed by atoms with Crippen LogP contribution in [-0.2, 0) is 24.2 Å². The number of hydrogen-bond acceptors (Lipinski definition) is 2. The normalized spacial score (nSPS) is 10.4. The molecule has 0 atom stereocenters. The summed E-state index contributed by atoms with van der Waals surface area (Å²) in [4.78, 5) is 12.0. The van der Waals surface area contributed by atoms with Gasteiger partial charge in [-0.05, 0) is 31.0 Å². The minimum atomic E-state index is -0.0494. The first kappa shape index (κ1) is 13.3. The molecule has 0 saturated heterocycles. The molecule has 0 aliphatic heterocycles. The van der Waals surface area contributed by atoms with Crippen LogP contribution in [-0.4, -0.2) is 15.7 Å². The first-order valence-electron chi connectivity index (χ1n) is 6.63. The number of nitrogens with zero attached hydrogens (tertiary/aromatic N) is 2. The summed E-state index contributed by atoms with van der Waals surface area (Å²) in [6.07, 6.45) is 1.77. The maximum atomic E-state index is 12.0. The lowest BCUT2D eigenvalue weighted by atomic mass is 10.2. The van der Waals surface area contributed by atoms with Gasteiger partial charge in [-0.15, -0.1) is 0 Å². The smallest absolute Gasteiger partial charge is 0.246 e. The number of benzene rings is 1. The van der Waals surface area contributed by atoms with E-state index in [2.05, 4.69) is 30.3 Å². The molecule has 4 heteroatoms. The SMILES string of the molecule is CCc1cc(CC)n(CC(=O)Nc2ccccc2)n1. The highest BCUT2D eigenvalue weighted by atomic mass is 16.2. The van der Waals surface area contributed by atoms with Gasteiger partial charge < -0.3 is 5.32 Å². The van der Waals surface area contributed by atoms with Crippen LogP contribution in [0, 0.1) is 0 Å². The molecule has 2 aromatic rings. The Morgan fingerprint density at radius 3 is 2.58 bits per heavy atom. The van der Waals surface area contributed by atoms with Crippen LogP contribution < -0.4 is 5.32 Å². The Kier molecular flexibility index (Phi) is 4.34. The Labute approximate surface area is 113 Å². The Hall–Kier alpha value is -2.10. The van der Waals surface area contributed by atoms with E-state index in [1.54, 1.807) is 4.68 Å². The van der Waals surface area contributed by atoms with Crippen LogP contribution in [0.5, 0.6) is 0 Å². The lowest BCUT2D eigenvalue weighted by Gasteiger charge is -2.07. The maximum Gasteiger partial charge on any atom is 0.246 e. The van der Waals surface area contributed by atoms with Crippen molar-refractivity contribution in [2.75, 3.05) is 5.32 Å². The lowest BCUT2D eigenvalue weighted by molar-refractivity contribution is -0.116. The van der Waals surface area contributed by atoms with Crippen LogP contribution in [0.2, 0.25) is 0 Å². The number of amides is 1. The molecule has 0 spiro atoms. The summed E-state index contributed by atoms with van der Waals surface area (Å²) in [7, 11) is 0. The summed E-state index contributed by atoms with van der Waals surface area (Å²) in [5.74, 6) is -0.0494. The summed E-state index contributed by atoms with van der Waals surface area (Å²) in [5, 5.41) is 7.31. The number of rotatable bonds is 5. The van der Waals surface area contributed by atoms with Crippen LogP contribution in [0.15, 0.2) is 36.4 Å². The van der Waals surface area contributed by atoms with Crippen LogP contribution >= 0.6 is 0 Å². The van der Waals surface area contributed by atoms with Gasteiger partial charge in [0.15, 0.2) is 0 Å². The van der Waals surface area contributed by atoms with E-state index < -0.39 is 0 Å². The first-order chi connectivity index (χ1) is 9.22. The molecule has 4 nitrogen and oxygen atoms in total. The average Bonchev–Trinajstić information content (AvgIpc) is 2.82. The van der Waals surface area contributed by atoms with Gasteiger partial charge in [-0.3, -0.25) is 9.48 Å². The van der Waals surface area contributed by atoms with Crippen molar-refractivity contribution >= 4 is 11.6 Å². The molecule has 0 saturated carbocycles. The molecule has 0 aliphatic carbocycles. The van der Waals surface area contributed by atoms with E-state index in [4.69, 9.17) is 0 Å². The van der Waals surface area contributed by atoms with E-state index in [0.29, 0.717) is 0 Å². The second kappa shape index (κ2) is 6.18. The number of nitrogens with one attached hydrogen (secondary N) is 1.